The van der Waals surface area contributed by atoms with Crippen molar-refractivity contribution in [3.8, 4) is 0 Å². The molecule has 0 N–H and O–H groups in total. The Morgan fingerprint density at radius 1 is 1.00 bits per heavy atom. The quantitative estimate of drug-likeness (QED) is 0.646. The van der Waals surface area contributed by atoms with E-state index in [1.54, 1.807) is 12.4 Å². The minimum atomic E-state index is 0.533. The van der Waals surface area contributed by atoms with Crippen molar-refractivity contribution < 1.29 is 0 Å². The molecule has 0 amide bonds. The Labute approximate surface area is 122 Å². The second-order valence-electron chi connectivity index (χ2n) is 4.65. The van der Waals surface area contributed by atoms with Crippen LogP contribution in [-0.2, 0) is 0 Å². The zero-order chi connectivity index (χ0) is 14.5. The first kappa shape index (κ1) is 13.1. The van der Waals surface area contributed by atoms with E-state index in [-0.39, 0.29) is 0 Å². The maximum Gasteiger partial charge on any atom is 0.204 e. The van der Waals surface area contributed by atoms with Gasteiger partial charge in [-0.05, 0) is 18.1 Å². The maximum absolute atomic E-state index is 4.17. The number of hydrogen-bond donors (Lipinski definition) is 0. The molecule has 0 unspecified atom stereocenters. The summed E-state index contributed by atoms with van der Waals surface area (Å²) in [5.41, 5.74) is 2.17. The van der Waals surface area contributed by atoms with Crippen molar-refractivity contribution in [2.24, 2.45) is 10.2 Å². The fourth-order valence-corrected chi connectivity index (χ4v) is 2.03. The first-order valence-corrected chi connectivity index (χ1v) is 6.68. The predicted molar refractivity (Wildman–Crippen MR) is 84.1 cm³/mol. The molecule has 21 heavy (non-hydrogen) atoms. The zero-order valence-corrected chi connectivity index (χ0v) is 11.6. The fraction of sp³-hybridized carbons (Fsp3) is 0.0588. The minimum absolute atomic E-state index is 0.533. The molecule has 0 bridgehead atoms. The summed E-state index contributed by atoms with van der Waals surface area (Å²) in [5.74, 6) is 0.533. The Hall–Kier alpha value is -2.88. The molecule has 0 fully saturated rings. The fourth-order valence-electron chi connectivity index (χ4n) is 2.03. The van der Waals surface area contributed by atoms with Crippen LogP contribution >= 0.6 is 0 Å². The second kappa shape index (κ2) is 6.05. The van der Waals surface area contributed by atoms with Gasteiger partial charge in [0.1, 0.15) is 0 Å². The van der Waals surface area contributed by atoms with Gasteiger partial charge in [0.2, 0.25) is 5.82 Å². The number of benzene rings is 2. The third-order valence-corrected chi connectivity index (χ3v) is 3.18. The van der Waals surface area contributed by atoms with Gasteiger partial charge in [0, 0.05) is 10.8 Å². The van der Waals surface area contributed by atoms with E-state index in [9.17, 15) is 0 Å². The molecule has 1 aromatic heterocycles. The van der Waals surface area contributed by atoms with Crippen LogP contribution in [0, 0.1) is 0 Å². The lowest BCUT2D eigenvalue weighted by molar-refractivity contribution is 1.02. The van der Waals surface area contributed by atoms with Gasteiger partial charge in [-0.15, -0.1) is 10.2 Å². The maximum atomic E-state index is 4.17. The monoisotopic (exact) mass is 274 g/mol. The SMILES string of the molecule is CC(=CN=Nc1nncc2ccccc12)c1ccccc1. The average molecular weight is 274 g/mol. The van der Waals surface area contributed by atoms with Crippen LogP contribution in [0.3, 0.4) is 0 Å². The van der Waals surface area contributed by atoms with E-state index in [1.807, 2.05) is 61.5 Å². The molecule has 0 saturated heterocycles. The summed E-state index contributed by atoms with van der Waals surface area (Å²) in [5, 5.41) is 18.2. The van der Waals surface area contributed by atoms with Crippen LogP contribution in [0.15, 0.2) is 77.2 Å². The first-order valence-electron chi connectivity index (χ1n) is 6.68. The Bertz CT molecular complexity index is 802. The molecule has 0 aliphatic heterocycles. The standard InChI is InChI=1S/C17H14N4/c1-13(14-7-3-2-4-8-14)11-18-20-17-16-10-6-5-9-15(16)12-19-21-17/h2-12H,1H3. The Balaban J connectivity index is 1.89. The van der Waals surface area contributed by atoms with E-state index in [0.717, 1.165) is 21.9 Å². The summed E-state index contributed by atoms with van der Waals surface area (Å²) in [6.07, 6.45) is 3.46. The number of rotatable bonds is 3. The first-order chi connectivity index (χ1) is 10.3. The lowest BCUT2D eigenvalue weighted by Crippen LogP contribution is -1.82. The summed E-state index contributed by atoms with van der Waals surface area (Å²) in [4.78, 5) is 0. The van der Waals surface area contributed by atoms with Crippen LogP contribution in [0.25, 0.3) is 16.3 Å². The molecule has 0 aliphatic rings. The summed E-state index contributed by atoms with van der Waals surface area (Å²) in [6.45, 7) is 2.00. The molecule has 2 aromatic carbocycles. The number of hydrogen-bond acceptors (Lipinski definition) is 4. The van der Waals surface area contributed by atoms with E-state index in [4.69, 9.17) is 0 Å². The van der Waals surface area contributed by atoms with Gasteiger partial charge < -0.3 is 0 Å². The number of allylic oxidation sites excluding steroid dienone is 1. The summed E-state index contributed by atoms with van der Waals surface area (Å²) >= 11 is 0. The van der Waals surface area contributed by atoms with Crippen molar-refractivity contribution in [3.63, 3.8) is 0 Å². The Morgan fingerprint density at radius 3 is 2.62 bits per heavy atom. The Kier molecular flexibility index (Phi) is 3.78. The summed E-state index contributed by atoms with van der Waals surface area (Å²) in [7, 11) is 0. The molecule has 0 spiro atoms. The van der Waals surface area contributed by atoms with Crippen LogP contribution in [0.4, 0.5) is 5.82 Å². The largest absolute Gasteiger partial charge is 0.204 e. The third kappa shape index (κ3) is 3.00. The van der Waals surface area contributed by atoms with Gasteiger partial charge >= 0.3 is 0 Å². The van der Waals surface area contributed by atoms with E-state index in [0.29, 0.717) is 5.82 Å². The van der Waals surface area contributed by atoms with E-state index in [2.05, 4.69) is 20.4 Å². The van der Waals surface area contributed by atoms with Crippen molar-refractivity contribution in [3.05, 3.63) is 72.6 Å². The summed E-state index contributed by atoms with van der Waals surface area (Å²) in [6, 6.07) is 17.9. The van der Waals surface area contributed by atoms with Gasteiger partial charge in [0.15, 0.2) is 0 Å². The second-order valence-corrected chi connectivity index (χ2v) is 4.65. The minimum Gasteiger partial charge on any atom is -0.157 e. The number of azo groups is 1. The molecule has 1 heterocycles. The van der Waals surface area contributed by atoms with Gasteiger partial charge in [0.25, 0.3) is 0 Å². The van der Waals surface area contributed by atoms with Crippen LogP contribution in [-0.4, -0.2) is 10.2 Å². The molecule has 3 rings (SSSR count). The van der Waals surface area contributed by atoms with Gasteiger partial charge in [-0.3, -0.25) is 0 Å². The van der Waals surface area contributed by atoms with E-state index >= 15 is 0 Å². The van der Waals surface area contributed by atoms with Crippen LogP contribution in [0.5, 0.6) is 0 Å². The van der Waals surface area contributed by atoms with Gasteiger partial charge in [-0.25, -0.2) is 0 Å². The predicted octanol–water partition coefficient (Wildman–Crippen LogP) is 4.77. The number of aromatic nitrogens is 2. The molecule has 0 radical (unpaired) electrons. The zero-order valence-electron chi connectivity index (χ0n) is 11.6. The molecular weight excluding hydrogens is 260 g/mol. The van der Waals surface area contributed by atoms with E-state index in [1.165, 1.54) is 0 Å². The highest BCUT2D eigenvalue weighted by molar-refractivity contribution is 5.89. The number of nitrogens with zero attached hydrogens (tertiary/aromatic N) is 4. The van der Waals surface area contributed by atoms with Gasteiger partial charge in [-0.2, -0.15) is 10.2 Å². The highest BCUT2D eigenvalue weighted by atomic mass is 15.2. The van der Waals surface area contributed by atoms with E-state index < -0.39 is 0 Å². The molecule has 0 saturated carbocycles. The molecular formula is C17H14N4. The third-order valence-electron chi connectivity index (χ3n) is 3.18. The average Bonchev–Trinajstić information content (AvgIpc) is 2.56. The van der Waals surface area contributed by atoms with Crippen molar-refractivity contribution in [1.82, 2.24) is 10.2 Å². The summed E-state index contributed by atoms with van der Waals surface area (Å²) < 4.78 is 0. The smallest absolute Gasteiger partial charge is 0.157 e. The molecule has 0 atom stereocenters. The van der Waals surface area contributed by atoms with Crippen LogP contribution < -0.4 is 0 Å². The molecule has 4 heteroatoms. The normalized spacial score (nSPS) is 12.1. The number of fused-ring (bicyclic) bond motifs is 1. The van der Waals surface area contributed by atoms with Gasteiger partial charge in [0.05, 0.1) is 12.4 Å². The van der Waals surface area contributed by atoms with Crippen LogP contribution in [0.2, 0.25) is 0 Å². The van der Waals surface area contributed by atoms with Crippen molar-refractivity contribution in [2.45, 2.75) is 6.92 Å². The van der Waals surface area contributed by atoms with Crippen molar-refractivity contribution >= 4 is 22.2 Å². The van der Waals surface area contributed by atoms with Gasteiger partial charge in [-0.1, -0.05) is 54.6 Å². The van der Waals surface area contributed by atoms with Crippen molar-refractivity contribution in [2.75, 3.05) is 0 Å². The molecule has 0 aliphatic carbocycles. The lowest BCUT2D eigenvalue weighted by Gasteiger charge is -1.99. The lowest BCUT2D eigenvalue weighted by atomic mass is 10.1. The molecule has 3 aromatic rings. The highest BCUT2D eigenvalue weighted by Gasteiger charge is 2.00. The van der Waals surface area contributed by atoms with Crippen LogP contribution in [0.1, 0.15) is 12.5 Å². The van der Waals surface area contributed by atoms with Crippen molar-refractivity contribution in [1.29, 1.82) is 0 Å². The topological polar surface area (TPSA) is 50.5 Å². The highest BCUT2D eigenvalue weighted by Crippen LogP contribution is 2.22. The molecule has 4 nitrogen and oxygen atoms in total. The molecule has 102 valence electrons. The Morgan fingerprint density at radius 2 is 1.76 bits per heavy atom.